The molecule has 82 valence electrons. The molecule has 0 atom stereocenters. The van der Waals surface area contributed by atoms with Crippen LogP contribution in [0.3, 0.4) is 0 Å². The van der Waals surface area contributed by atoms with E-state index in [-0.39, 0.29) is 11.3 Å². The van der Waals surface area contributed by atoms with E-state index in [1.54, 1.807) is 29.2 Å². The van der Waals surface area contributed by atoms with Gasteiger partial charge in [0.05, 0.1) is 26.7 Å². The first-order valence-corrected chi connectivity index (χ1v) is 5.50. The molecule has 0 saturated carbocycles. The Labute approximate surface area is 105 Å². The van der Waals surface area contributed by atoms with Gasteiger partial charge in [0.15, 0.2) is 0 Å². The molecule has 0 saturated heterocycles. The maximum Gasteiger partial charge on any atom is 0.337 e. The minimum atomic E-state index is -1.04. The Kier molecular flexibility index (Phi) is 2.82. The fourth-order valence-corrected chi connectivity index (χ4v) is 1.76. The second-order valence-corrected chi connectivity index (χ2v) is 4.39. The summed E-state index contributed by atoms with van der Waals surface area (Å²) < 4.78 is 2.52. The Morgan fingerprint density at radius 3 is 2.81 bits per heavy atom. The number of hydrogen-bond acceptors (Lipinski definition) is 3. The largest absolute Gasteiger partial charge is 0.478 e. The average molecular weight is 329 g/mol. The van der Waals surface area contributed by atoms with Crippen molar-refractivity contribution in [3.8, 4) is 5.69 Å². The number of carboxylic acids is 1. The van der Waals surface area contributed by atoms with Crippen LogP contribution in [0.2, 0.25) is 0 Å². The number of aromatic nitrogens is 2. The summed E-state index contributed by atoms with van der Waals surface area (Å²) in [6, 6.07) is 4.84. The van der Waals surface area contributed by atoms with Gasteiger partial charge in [-0.05, 0) is 34.7 Å². The molecule has 1 heterocycles. The summed E-state index contributed by atoms with van der Waals surface area (Å²) in [6.45, 7) is 0. The lowest BCUT2D eigenvalue weighted by Gasteiger charge is -2.07. The van der Waals surface area contributed by atoms with E-state index in [1.807, 2.05) is 0 Å². The smallest absolute Gasteiger partial charge is 0.337 e. The van der Waals surface area contributed by atoms with Crippen LogP contribution in [0.15, 0.2) is 30.6 Å². The van der Waals surface area contributed by atoms with Crippen molar-refractivity contribution in [2.75, 3.05) is 5.73 Å². The molecule has 3 N–H and O–H groups in total. The molecule has 0 spiro atoms. The highest BCUT2D eigenvalue weighted by Gasteiger charge is 2.12. The van der Waals surface area contributed by atoms with Crippen molar-refractivity contribution >= 4 is 34.2 Å². The van der Waals surface area contributed by atoms with Crippen molar-refractivity contribution in [3.05, 3.63) is 39.7 Å². The molecule has 0 fully saturated rings. The van der Waals surface area contributed by atoms with Gasteiger partial charge in [-0.2, -0.15) is 5.10 Å². The number of nitrogen functional groups attached to an aromatic ring is 1. The maximum absolute atomic E-state index is 10.9. The van der Waals surface area contributed by atoms with E-state index >= 15 is 0 Å². The number of nitrogens with zero attached hydrogens (tertiary/aromatic N) is 2. The molecule has 1 aromatic heterocycles. The van der Waals surface area contributed by atoms with Crippen LogP contribution in [0.25, 0.3) is 5.69 Å². The lowest BCUT2D eigenvalue weighted by molar-refractivity contribution is 0.0698. The van der Waals surface area contributed by atoms with E-state index < -0.39 is 5.97 Å². The van der Waals surface area contributed by atoms with Gasteiger partial charge in [-0.1, -0.05) is 6.07 Å². The number of carbonyl (C=O) groups is 1. The van der Waals surface area contributed by atoms with Gasteiger partial charge in [0.25, 0.3) is 0 Å². The van der Waals surface area contributed by atoms with E-state index in [0.29, 0.717) is 5.69 Å². The van der Waals surface area contributed by atoms with Crippen molar-refractivity contribution in [2.45, 2.75) is 0 Å². The summed E-state index contributed by atoms with van der Waals surface area (Å²) in [5.41, 5.74) is 6.66. The molecule has 1 aromatic carbocycles. The molecule has 0 amide bonds. The monoisotopic (exact) mass is 329 g/mol. The number of benzene rings is 1. The highest BCUT2D eigenvalue weighted by molar-refractivity contribution is 14.1. The second-order valence-electron chi connectivity index (χ2n) is 3.15. The topological polar surface area (TPSA) is 81.1 Å². The van der Waals surface area contributed by atoms with E-state index in [9.17, 15) is 4.79 Å². The molecular weight excluding hydrogens is 321 g/mol. The normalized spacial score (nSPS) is 10.3. The number of nitrogens with two attached hydrogens (primary N) is 1. The maximum atomic E-state index is 10.9. The Morgan fingerprint density at radius 2 is 2.25 bits per heavy atom. The zero-order valence-corrected chi connectivity index (χ0v) is 10.2. The molecule has 5 nitrogen and oxygen atoms in total. The molecule has 16 heavy (non-hydrogen) atoms. The summed E-state index contributed by atoms with van der Waals surface area (Å²) in [5.74, 6) is -1.04. The van der Waals surface area contributed by atoms with Gasteiger partial charge in [0.1, 0.15) is 0 Å². The zero-order valence-electron chi connectivity index (χ0n) is 8.09. The predicted octanol–water partition coefficient (Wildman–Crippen LogP) is 1.76. The highest BCUT2D eigenvalue weighted by atomic mass is 127. The van der Waals surface area contributed by atoms with Gasteiger partial charge in [0, 0.05) is 6.20 Å². The van der Waals surface area contributed by atoms with Gasteiger partial charge in [-0.25, -0.2) is 9.48 Å². The zero-order chi connectivity index (χ0) is 11.7. The summed E-state index contributed by atoms with van der Waals surface area (Å²) in [7, 11) is 0. The van der Waals surface area contributed by atoms with Gasteiger partial charge in [-0.3, -0.25) is 0 Å². The summed E-state index contributed by atoms with van der Waals surface area (Å²) in [5, 5.41) is 13.0. The fraction of sp³-hybridized carbons (Fsp3) is 0. The molecular formula is C10H8IN3O2. The number of carboxylic acid groups (broad SMARTS) is 1. The SMILES string of the molecule is Nc1c(C(=O)O)cccc1-n1cc(I)cn1. The van der Waals surface area contributed by atoms with E-state index in [2.05, 4.69) is 27.7 Å². The van der Waals surface area contributed by atoms with Crippen LogP contribution < -0.4 is 5.73 Å². The Hall–Kier alpha value is -1.57. The number of halogens is 1. The average Bonchev–Trinajstić information content (AvgIpc) is 2.64. The lowest BCUT2D eigenvalue weighted by Crippen LogP contribution is -2.07. The molecule has 0 radical (unpaired) electrons. The summed E-state index contributed by atoms with van der Waals surface area (Å²) in [4.78, 5) is 10.9. The fourth-order valence-electron chi connectivity index (χ4n) is 1.37. The summed E-state index contributed by atoms with van der Waals surface area (Å²) >= 11 is 2.12. The third-order valence-corrected chi connectivity index (χ3v) is 2.67. The van der Waals surface area contributed by atoms with Crippen LogP contribution in [-0.2, 0) is 0 Å². The van der Waals surface area contributed by atoms with E-state index in [0.717, 1.165) is 3.57 Å². The van der Waals surface area contributed by atoms with Crippen LogP contribution in [-0.4, -0.2) is 20.9 Å². The third-order valence-electron chi connectivity index (χ3n) is 2.11. The van der Waals surface area contributed by atoms with Gasteiger partial charge >= 0.3 is 5.97 Å². The van der Waals surface area contributed by atoms with Crippen LogP contribution in [0, 0.1) is 3.57 Å². The molecule has 2 aromatic rings. The minimum absolute atomic E-state index is 0.0861. The molecule has 0 unspecified atom stereocenters. The number of para-hydroxylation sites is 1. The molecule has 2 rings (SSSR count). The minimum Gasteiger partial charge on any atom is -0.478 e. The lowest BCUT2D eigenvalue weighted by atomic mass is 10.1. The van der Waals surface area contributed by atoms with Crippen molar-refractivity contribution in [3.63, 3.8) is 0 Å². The van der Waals surface area contributed by atoms with E-state index in [4.69, 9.17) is 10.8 Å². The number of rotatable bonds is 2. The summed E-state index contributed by atoms with van der Waals surface area (Å²) in [6.07, 6.45) is 3.45. The molecule has 0 bridgehead atoms. The first-order chi connectivity index (χ1) is 7.59. The Morgan fingerprint density at radius 1 is 1.50 bits per heavy atom. The third kappa shape index (κ3) is 1.87. The van der Waals surface area contributed by atoms with Crippen LogP contribution in [0.4, 0.5) is 5.69 Å². The molecule has 6 heteroatoms. The quantitative estimate of drug-likeness (QED) is 0.650. The Balaban J connectivity index is 2.58. The standard InChI is InChI=1S/C10H8IN3O2/c11-6-4-13-14(5-6)8-3-1-2-7(9(8)12)10(15)16/h1-5H,12H2,(H,15,16). The van der Waals surface area contributed by atoms with Crippen molar-refractivity contribution in [1.29, 1.82) is 0 Å². The Bertz CT molecular complexity index is 551. The van der Waals surface area contributed by atoms with Crippen molar-refractivity contribution in [2.24, 2.45) is 0 Å². The van der Waals surface area contributed by atoms with Crippen LogP contribution in [0.1, 0.15) is 10.4 Å². The van der Waals surface area contributed by atoms with Crippen molar-refractivity contribution in [1.82, 2.24) is 9.78 Å². The van der Waals surface area contributed by atoms with Gasteiger partial charge in [-0.15, -0.1) is 0 Å². The van der Waals surface area contributed by atoms with Gasteiger partial charge in [0.2, 0.25) is 0 Å². The number of aromatic carboxylic acids is 1. The number of hydrogen-bond donors (Lipinski definition) is 2. The number of anilines is 1. The van der Waals surface area contributed by atoms with Crippen molar-refractivity contribution < 1.29 is 9.90 Å². The first kappa shape index (κ1) is 10.9. The molecule has 0 aliphatic rings. The predicted molar refractivity (Wildman–Crippen MR) is 67.7 cm³/mol. The van der Waals surface area contributed by atoms with Crippen LogP contribution in [0.5, 0.6) is 0 Å². The first-order valence-electron chi connectivity index (χ1n) is 4.42. The van der Waals surface area contributed by atoms with E-state index in [1.165, 1.54) is 6.07 Å². The molecule has 0 aliphatic heterocycles. The van der Waals surface area contributed by atoms with Gasteiger partial charge < -0.3 is 10.8 Å². The van der Waals surface area contributed by atoms with Crippen LogP contribution >= 0.6 is 22.6 Å². The second kappa shape index (κ2) is 4.12. The highest BCUT2D eigenvalue weighted by Crippen LogP contribution is 2.21. The molecule has 0 aliphatic carbocycles.